The minimum Gasteiger partial charge on any atom is -0.379 e. The van der Waals surface area contributed by atoms with Crippen molar-refractivity contribution in [3.8, 4) is 0 Å². The van der Waals surface area contributed by atoms with Crippen LogP contribution in [0.4, 0.5) is 0 Å². The largest absolute Gasteiger partial charge is 0.379 e. The van der Waals surface area contributed by atoms with Crippen LogP contribution in [-0.4, -0.2) is 46.7 Å². The fourth-order valence-corrected chi connectivity index (χ4v) is 1.62. The van der Waals surface area contributed by atoms with Crippen molar-refractivity contribution in [2.75, 3.05) is 19.8 Å². The fraction of sp³-hybridized carbons (Fsp3) is 0.667. The summed E-state index contributed by atoms with van der Waals surface area (Å²) in [6.07, 6.45) is 3.35. The van der Waals surface area contributed by atoms with Gasteiger partial charge in [0, 0.05) is 18.8 Å². The molecule has 3 N–H and O–H groups in total. The average Bonchev–Trinajstić information content (AvgIpc) is 2.88. The van der Waals surface area contributed by atoms with Crippen molar-refractivity contribution >= 4 is 5.91 Å². The molecule has 0 spiro atoms. The Balaban J connectivity index is 1.71. The molecule has 2 atom stereocenters. The van der Waals surface area contributed by atoms with Crippen LogP contribution in [0.25, 0.3) is 0 Å². The first-order chi connectivity index (χ1) is 7.77. The smallest absolute Gasteiger partial charge is 0.227 e. The summed E-state index contributed by atoms with van der Waals surface area (Å²) in [5.41, 5.74) is 5.73. The first kappa shape index (κ1) is 11.0. The van der Waals surface area contributed by atoms with Crippen LogP contribution < -0.4 is 11.1 Å². The van der Waals surface area contributed by atoms with Crippen LogP contribution in [0.2, 0.25) is 0 Å². The van der Waals surface area contributed by atoms with Gasteiger partial charge in [0.1, 0.15) is 0 Å². The number of amides is 1. The normalized spacial score (nSPS) is 24.6. The monoisotopic (exact) mass is 225 g/mol. The third kappa shape index (κ3) is 2.56. The maximum Gasteiger partial charge on any atom is 0.227 e. The van der Waals surface area contributed by atoms with Gasteiger partial charge in [-0.25, -0.2) is 0 Å². The van der Waals surface area contributed by atoms with Crippen LogP contribution in [0, 0.1) is 5.92 Å². The molecule has 1 aliphatic heterocycles. The van der Waals surface area contributed by atoms with Crippen molar-refractivity contribution < 1.29 is 9.53 Å². The molecule has 0 saturated carbocycles. The molecule has 0 radical (unpaired) electrons. The second kappa shape index (κ2) is 5.04. The van der Waals surface area contributed by atoms with Gasteiger partial charge < -0.3 is 15.8 Å². The number of rotatable bonds is 4. The standard InChI is InChI=1S/C9H15N5O2/c10-8-6-16-5-7(8)9(15)11-1-3-14-4-2-12-13-14/h2,4,7-8H,1,3,5-6,10H2,(H,11,15). The van der Waals surface area contributed by atoms with Gasteiger partial charge in [0.25, 0.3) is 0 Å². The third-order valence-electron chi connectivity index (χ3n) is 2.57. The lowest BCUT2D eigenvalue weighted by atomic mass is 10.0. The number of carbonyl (C=O) groups is 1. The maximum absolute atomic E-state index is 11.7. The number of aromatic nitrogens is 3. The topological polar surface area (TPSA) is 95.1 Å². The molecular formula is C9H15N5O2. The molecule has 0 aromatic carbocycles. The van der Waals surface area contributed by atoms with Gasteiger partial charge in [-0.15, -0.1) is 5.10 Å². The highest BCUT2D eigenvalue weighted by Gasteiger charge is 2.30. The Hall–Kier alpha value is -1.47. The number of hydrogen-bond donors (Lipinski definition) is 2. The molecule has 1 fully saturated rings. The zero-order valence-electron chi connectivity index (χ0n) is 8.87. The highest BCUT2D eigenvalue weighted by molar-refractivity contribution is 5.79. The molecule has 7 nitrogen and oxygen atoms in total. The Bertz CT molecular complexity index is 340. The zero-order chi connectivity index (χ0) is 11.4. The van der Waals surface area contributed by atoms with Gasteiger partial charge in [0.15, 0.2) is 0 Å². The van der Waals surface area contributed by atoms with Crippen molar-refractivity contribution in [3.63, 3.8) is 0 Å². The van der Waals surface area contributed by atoms with E-state index < -0.39 is 0 Å². The molecule has 2 unspecified atom stereocenters. The highest BCUT2D eigenvalue weighted by atomic mass is 16.5. The highest BCUT2D eigenvalue weighted by Crippen LogP contribution is 2.11. The molecular weight excluding hydrogens is 210 g/mol. The first-order valence-electron chi connectivity index (χ1n) is 5.22. The molecule has 1 saturated heterocycles. The number of ether oxygens (including phenoxy) is 1. The number of hydrogen-bond acceptors (Lipinski definition) is 5. The number of nitrogens with two attached hydrogens (primary N) is 1. The van der Waals surface area contributed by atoms with Gasteiger partial charge in [0.2, 0.25) is 5.91 Å². The van der Waals surface area contributed by atoms with Gasteiger partial charge in [-0.05, 0) is 0 Å². The van der Waals surface area contributed by atoms with E-state index in [2.05, 4.69) is 15.6 Å². The first-order valence-corrected chi connectivity index (χ1v) is 5.22. The Morgan fingerprint density at radius 2 is 2.50 bits per heavy atom. The van der Waals surface area contributed by atoms with Gasteiger partial charge in [-0.1, -0.05) is 5.21 Å². The Morgan fingerprint density at radius 3 is 3.12 bits per heavy atom. The molecule has 2 heterocycles. The van der Waals surface area contributed by atoms with Crippen molar-refractivity contribution in [3.05, 3.63) is 12.4 Å². The molecule has 1 aromatic heterocycles. The number of nitrogens with one attached hydrogen (secondary N) is 1. The van der Waals surface area contributed by atoms with E-state index in [1.165, 1.54) is 0 Å². The van der Waals surface area contributed by atoms with Crippen LogP contribution >= 0.6 is 0 Å². The summed E-state index contributed by atoms with van der Waals surface area (Å²) < 4.78 is 6.79. The Kier molecular flexibility index (Phi) is 3.47. The summed E-state index contributed by atoms with van der Waals surface area (Å²) in [6, 6.07) is -0.189. The van der Waals surface area contributed by atoms with Gasteiger partial charge in [-0.3, -0.25) is 9.48 Å². The summed E-state index contributed by atoms with van der Waals surface area (Å²) in [4.78, 5) is 11.7. The van der Waals surface area contributed by atoms with E-state index in [9.17, 15) is 4.79 Å². The van der Waals surface area contributed by atoms with E-state index in [0.717, 1.165) is 0 Å². The minimum atomic E-state index is -0.226. The van der Waals surface area contributed by atoms with Crippen LogP contribution in [0.3, 0.4) is 0 Å². The van der Waals surface area contributed by atoms with E-state index in [1.54, 1.807) is 17.1 Å². The van der Waals surface area contributed by atoms with Crippen LogP contribution in [0.1, 0.15) is 0 Å². The summed E-state index contributed by atoms with van der Waals surface area (Å²) >= 11 is 0. The maximum atomic E-state index is 11.7. The summed E-state index contributed by atoms with van der Waals surface area (Å²) in [6.45, 7) is 2.00. The predicted molar refractivity (Wildman–Crippen MR) is 55.3 cm³/mol. The van der Waals surface area contributed by atoms with Gasteiger partial charge in [0.05, 0.1) is 31.9 Å². The molecule has 16 heavy (non-hydrogen) atoms. The summed E-state index contributed by atoms with van der Waals surface area (Å²) in [7, 11) is 0. The van der Waals surface area contributed by atoms with E-state index in [-0.39, 0.29) is 17.9 Å². The summed E-state index contributed by atoms with van der Waals surface area (Å²) in [5.74, 6) is -0.277. The van der Waals surface area contributed by atoms with Crippen molar-refractivity contribution in [1.82, 2.24) is 20.3 Å². The van der Waals surface area contributed by atoms with Gasteiger partial charge in [-0.2, -0.15) is 0 Å². The zero-order valence-corrected chi connectivity index (χ0v) is 8.87. The van der Waals surface area contributed by atoms with E-state index in [1.807, 2.05) is 0 Å². The second-order valence-electron chi connectivity index (χ2n) is 3.76. The average molecular weight is 225 g/mol. The van der Waals surface area contributed by atoms with Crippen LogP contribution in [-0.2, 0) is 16.1 Å². The molecule has 88 valence electrons. The molecule has 2 rings (SSSR count). The number of carbonyl (C=O) groups excluding carboxylic acids is 1. The third-order valence-corrected chi connectivity index (χ3v) is 2.57. The van der Waals surface area contributed by atoms with Crippen LogP contribution in [0.15, 0.2) is 12.4 Å². The predicted octanol–water partition coefficient (Wildman–Crippen LogP) is -1.63. The quantitative estimate of drug-likeness (QED) is 0.641. The lowest BCUT2D eigenvalue weighted by molar-refractivity contribution is -0.125. The van der Waals surface area contributed by atoms with E-state index in [4.69, 9.17) is 10.5 Å². The lowest BCUT2D eigenvalue weighted by Gasteiger charge is -2.12. The molecule has 1 aromatic rings. The molecule has 0 aliphatic carbocycles. The van der Waals surface area contributed by atoms with Crippen molar-refractivity contribution in [1.29, 1.82) is 0 Å². The van der Waals surface area contributed by atoms with E-state index in [0.29, 0.717) is 26.3 Å². The Labute approximate surface area is 92.9 Å². The van der Waals surface area contributed by atoms with Crippen molar-refractivity contribution in [2.45, 2.75) is 12.6 Å². The van der Waals surface area contributed by atoms with Crippen LogP contribution in [0.5, 0.6) is 0 Å². The lowest BCUT2D eigenvalue weighted by Crippen LogP contribution is -2.41. The molecule has 7 heteroatoms. The molecule has 1 aliphatic rings. The Morgan fingerprint density at radius 1 is 1.62 bits per heavy atom. The SMILES string of the molecule is NC1COCC1C(=O)NCCn1ccnn1. The van der Waals surface area contributed by atoms with Gasteiger partial charge >= 0.3 is 0 Å². The second-order valence-corrected chi connectivity index (χ2v) is 3.76. The fourth-order valence-electron chi connectivity index (χ4n) is 1.62. The molecule has 0 bridgehead atoms. The summed E-state index contributed by atoms with van der Waals surface area (Å²) in [5, 5.41) is 10.3. The molecule has 1 amide bonds. The minimum absolute atomic E-state index is 0.0508. The van der Waals surface area contributed by atoms with Crippen molar-refractivity contribution in [2.24, 2.45) is 11.7 Å². The van der Waals surface area contributed by atoms with E-state index >= 15 is 0 Å². The number of nitrogens with zero attached hydrogens (tertiary/aromatic N) is 3.